The Hall–Kier alpha value is -1.87. The second-order valence-electron chi connectivity index (χ2n) is 4.58. The fourth-order valence-electron chi connectivity index (χ4n) is 1.81. The maximum absolute atomic E-state index is 11.6. The number of carbonyl (C=O) groups excluding carboxylic acids is 2. The van der Waals surface area contributed by atoms with Gasteiger partial charge < -0.3 is 30.9 Å². The first-order chi connectivity index (χ1) is 9.38. The molecule has 9 heteroatoms. The Morgan fingerprint density at radius 1 is 1.50 bits per heavy atom. The molecule has 3 amide bonds. The number of methoxy groups -OCH3 is 1. The molecule has 9 nitrogen and oxygen atoms in total. The molecule has 0 bridgehead atoms. The summed E-state index contributed by atoms with van der Waals surface area (Å²) in [6.07, 6.45) is 0.161. The lowest BCUT2D eigenvalue weighted by Crippen LogP contribution is -2.52. The van der Waals surface area contributed by atoms with Gasteiger partial charge in [-0.1, -0.05) is 0 Å². The summed E-state index contributed by atoms with van der Waals surface area (Å²) >= 11 is 0. The molecular weight excluding hydrogens is 270 g/mol. The van der Waals surface area contributed by atoms with Crippen LogP contribution in [0.2, 0.25) is 0 Å². The predicted octanol–water partition coefficient (Wildman–Crippen LogP) is -1.58. The summed E-state index contributed by atoms with van der Waals surface area (Å²) in [5.41, 5.74) is 4.31. The van der Waals surface area contributed by atoms with Gasteiger partial charge >= 0.3 is 12.0 Å². The number of nitrogens with one attached hydrogen (secondary N) is 2. The Kier molecular flexibility index (Phi) is 5.71. The van der Waals surface area contributed by atoms with E-state index >= 15 is 0 Å². The number of carbonyl (C=O) groups is 3. The van der Waals surface area contributed by atoms with Gasteiger partial charge in [0, 0.05) is 20.1 Å². The van der Waals surface area contributed by atoms with Crippen LogP contribution < -0.4 is 16.4 Å². The smallest absolute Gasteiger partial charge is 0.326 e. The fourth-order valence-corrected chi connectivity index (χ4v) is 1.81. The van der Waals surface area contributed by atoms with Gasteiger partial charge in [0.15, 0.2) is 0 Å². The monoisotopic (exact) mass is 289 g/mol. The Bertz CT molecular complexity index is 380. The molecule has 0 spiro atoms. The molecule has 0 aromatic carbocycles. The minimum absolute atomic E-state index is 0.179. The van der Waals surface area contributed by atoms with Crippen molar-refractivity contribution >= 4 is 17.9 Å². The minimum Gasteiger partial charge on any atom is -0.480 e. The average molecular weight is 289 g/mol. The van der Waals surface area contributed by atoms with Crippen molar-refractivity contribution in [1.29, 1.82) is 0 Å². The Morgan fingerprint density at radius 2 is 2.20 bits per heavy atom. The van der Waals surface area contributed by atoms with Gasteiger partial charge in [0.25, 0.3) is 0 Å². The van der Waals surface area contributed by atoms with Crippen molar-refractivity contribution in [2.24, 2.45) is 5.73 Å². The lowest BCUT2D eigenvalue weighted by Gasteiger charge is -2.26. The largest absolute Gasteiger partial charge is 0.480 e. The number of primary amides is 1. The normalized spacial score (nSPS) is 23.1. The number of urea groups is 1. The van der Waals surface area contributed by atoms with Crippen molar-refractivity contribution in [3.05, 3.63) is 0 Å². The molecule has 1 rings (SSSR count). The number of rotatable bonds is 7. The molecule has 0 radical (unpaired) electrons. The number of hydrogen-bond acceptors (Lipinski definition) is 5. The van der Waals surface area contributed by atoms with Crippen molar-refractivity contribution in [1.82, 2.24) is 10.6 Å². The summed E-state index contributed by atoms with van der Waals surface area (Å²) < 4.78 is 10.5. The van der Waals surface area contributed by atoms with Crippen LogP contribution >= 0.6 is 0 Å². The highest BCUT2D eigenvalue weighted by atomic mass is 16.5. The standard InChI is InChI=1S/C11H19N3O6/c1-19-11(2-3-20-6-11)5-13-10(18)14-7(9(16)17)4-8(12)15/h7H,2-6H2,1H3,(H2,12,15)(H,16,17)(H2,13,14,18)/t7-,11?/m1/s1. The van der Waals surface area contributed by atoms with E-state index < -0.39 is 36.0 Å². The summed E-state index contributed by atoms with van der Waals surface area (Å²) in [4.78, 5) is 33.2. The van der Waals surface area contributed by atoms with Crippen molar-refractivity contribution < 1.29 is 29.0 Å². The first-order valence-corrected chi connectivity index (χ1v) is 6.07. The van der Waals surface area contributed by atoms with Crippen LogP contribution in [0.25, 0.3) is 0 Å². The number of amides is 3. The SMILES string of the molecule is COC1(CNC(=O)N[C@H](CC(N)=O)C(=O)O)CCOC1. The first-order valence-electron chi connectivity index (χ1n) is 6.07. The molecule has 0 saturated carbocycles. The number of carboxylic acid groups (broad SMARTS) is 1. The van der Waals surface area contributed by atoms with Gasteiger partial charge in [-0.3, -0.25) is 4.79 Å². The molecule has 0 aliphatic carbocycles. The summed E-state index contributed by atoms with van der Waals surface area (Å²) in [7, 11) is 1.52. The first kappa shape index (κ1) is 16.2. The third-order valence-electron chi connectivity index (χ3n) is 3.08. The molecule has 1 unspecified atom stereocenters. The highest BCUT2D eigenvalue weighted by Gasteiger charge is 2.35. The van der Waals surface area contributed by atoms with E-state index in [0.29, 0.717) is 19.6 Å². The van der Waals surface area contributed by atoms with Gasteiger partial charge in [0.05, 0.1) is 19.6 Å². The molecule has 0 aromatic heterocycles. The van der Waals surface area contributed by atoms with Crippen LogP contribution in [0.1, 0.15) is 12.8 Å². The van der Waals surface area contributed by atoms with Crippen LogP contribution in [-0.4, -0.2) is 61.5 Å². The predicted molar refractivity (Wildman–Crippen MR) is 66.9 cm³/mol. The maximum Gasteiger partial charge on any atom is 0.326 e. The van der Waals surface area contributed by atoms with Crippen LogP contribution in [0.3, 0.4) is 0 Å². The van der Waals surface area contributed by atoms with E-state index in [0.717, 1.165) is 0 Å². The quantitative estimate of drug-likeness (QED) is 0.446. The zero-order chi connectivity index (χ0) is 15.2. The van der Waals surface area contributed by atoms with Crippen LogP contribution in [0, 0.1) is 0 Å². The molecule has 1 heterocycles. The molecule has 1 fully saturated rings. The zero-order valence-corrected chi connectivity index (χ0v) is 11.2. The lowest BCUT2D eigenvalue weighted by atomic mass is 10.0. The van der Waals surface area contributed by atoms with Gasteiger partial charge in [-0.05, 0) is 0 Å². The zero-order valence-electron chi connectivity index (χ0n) is 11.2. The van der Waals surface area contributed by atoms with E-state index in [1.807, 2.05) is 0 Å². The van der Waals surface area contributed by atoms with Gasteiger partial charge in [-0.25, -0.2) is 9.59 Å². The van der Waals surface area contributed by atoms with Gasteiger partial charge in [0.1, 0.15) is 11.6 Å². The average Bonchev–Trinajstić information content (AvgIpc) is 2.84. The van der Waals surface area contributed by atoms with Crippen LogP contribution in [-0.2, 0) is 19.1 Å². The van der Waals surface area contributed by atoms with Gasteiger partial charge in [0.2, 0.25) is 5.91 Å². The van der Waals surface area contributed by atoms with Crippen molar-refractivity contribution in [2.45, 2.75) is 24.5 Å². The van der Waals surface area contributed by atoms with Crippen LogP contribution in [0.4, 0.5) is 4.79 Å². The highest BCUT2D eigenvalue weighted by Crippen LogP contribution is 2.21. The van der Waals surface area contributed by atoms with E-state index in [2.05, 4.69) is 10.6 Å². The van der Waals surface area contributed by atoms with Crippen LogP contribution in [0.15, 0.2) is 0 Å². The molecule has 20 heavy (non-hydrogen) atoms. The Balaban J connectivity index is 2.45. The molecule has 1 saturated heterocycles. The maximum atomic E-state index is 11.6. The van der Waals surface area contributed by atoms with Crippen molar-refractivity contribution in [3.8, 4) is 0 Å². The van der Waals surface area contributed by atoms with Crippen LogP contribution in [0.5, 0.6) is 0 Å². The third-order valence-corrected chi connectivity index (χ3v) is 3.08. The minimum atomic E-state index is -1.36. The third kappa shape index (κ3) is 4.67. The summed E-state index contributed by atoms with van der Waals surface area (Å²) in [6.45, 7) is 1.07. The molecule has 1 aliphatic rings. The summed E-state index contributed by atoms with van der Waals surface area (Å²) in [5, 5.41) is 13.5. The fraction of sp³-hybridized carbons (Fsp3) is 0.727. The summed E-state index contributed by atoms with van der Waals surface area (Å²) in [5.74, 6) is -2.14. The van der Waals surface area contributed by atoms with E-state index in [9.17, 15) is 14.4 Å². The molecule has 5 N–H and O–H groups in total. The lowest BCUT2D eigenvalue weighted by molar-refractivity contribution is -0.140. The van der Waals surface area contributed by atoms with Gasteiger partial charge in [-0.2, -0.15) is 0 Å². The van der Waals surface area contributed by atoms with Crippen molar-refractivity contribution in [2.75, 3.05) is 26.9 Å². The highest BCUT2D eigenvalue weighted by molar-refractivity contribution is 5.87. The second-order valence-corrected chi connectivity index (χ2v) is 4.58. The summed E-state index contributed by atoms with van der Waals surface area (Å²) in [6, 6.07) is -2.06. The second kappa shape index (κ2) is 7.06. The Morgan fingerprint density at radius 3 is 2.65 bits per heavy atom. The molecule has 114 valence electrons. The molecular formula is C11H19N3O6. The number of carboxylic acids is 1. The molecule has 1 aliphatic heterocycles. The van der Waals surface area contributed by atoms with E-state index in [1.165, 1.54) is 7.11 Å². The Labute approximate surface area is 115 Å². The van der Waals surface area contributed by atoms with E-state index in [4.69, 9.17) is 20.3 Å². The number of ether oxygens (including phenoxy) is 2. The van der Waals surface area contributed by atoms with Crippen molar-refractivity contribution in [3.63, 3.8) is 0 Å². The topological polar surface area (TPSA) is 140 Å². The number of aliphatic carboxylic acids is 1. The van der Waals surface area contributed by atoms with E-state index in [1.54, 1.807) is 0 Å². The molecule has 0 aromatic rings. The number of nitrogens with two attached hydrogens (primary N) is 1. The van der Waals surface area contributed by atoms with Gasteiger partial charge in [-0.15, -0.1) is 0 Å². The molecule has 2 atom stereocenters. The van der Waals surface area contributed by atoms with E-state index in [-0.39, 0.29) is 6.54 Å². The number of hydrogen-bond donors (Lipinski definition) is 4.